The van der Waals surface area contributed by atoms with Gasteiger partial charge in [-0.3, -0.25) is 9.59 Å². The van der Waals surface area contributed by atoms with Gasteiger partial charge in [0.05, 0.1) is 0 Å². The number of carbonyl (C=O) groups is 2. The molecule has 2 rings (SSSR count). The van der Waals surface area contributed by atoms with E-state index in [9.17, 15) is 9.59 Å². The number of carbonyl (C=O) groups excluding carboxylic acids is 2. The summed E-state index contributed by atoms with van der Waals surface area (Å²) in [4.78, 5) is 24.0. The number of amides is 1. The summed E-state index contributed by atoms with van der Waals surface area (Å²) in [5.41, 5.74) is 0. The summed E-state index contributed by atoms with van der Waals surface area (Å²) < 4.78 is 5.35. The number of rotatable bonds is 3. The van der Waals surface area contributed by atoms with Gasteiger partial charge in [0.25, 0.3) is 0 Å². The second-order valence-electron chi connectivity index (χ2n) is 4.17. The molecule has 0 radical (unpaired) electrons. The molecule has 5 nitrogen and oxygen atoms in total. The number of furan rings is 1. The maximum atomic E-state index is 11.5. The van der Waals surface area contributed by atoms with Crippen molar-refractivity contribution in [3.05, 3.63) is 17.9 Å². The molecule has 2 heterocycles. The van der Waals surface area contributed by atoms with Crippen LogP contribution in [0.4, 0.5) is 5.88 Å². The van der Waals surface area contributed by atoms with Gasteiger partial charge in [0.15, 0.2) is 17.9 Å². The van der Waals surface area contributed by atoms with Gasteiger partial charge in [-0.2, -0.15) is 0 Å². The van der Waals surface area contributed by atoms with Crippen LogP contribution in [0.5, 0.6) is 0 Å². The molecule has 1 amide bonds. The van der Waals surface area contributed by atoms with Crippen LogP contribution in [0.15, 0.2) is 16.5 Å². The lowest BCUT2D eigenvalue weighted by atomic mass is 9.96. The van der Waals surface area contributed by atoms with Crippen molar-refractivity contribution in [1.29, 1.82) is 0 Å². The summed E-state index contributed by atoms with van der Waals surface area (Å²) in [6.45, 7) is 1.56. The van der Waals surface area contributed by atoms with Gasteiger partial charge in [-0.15, -0.1) is 0 Å². The molecule has 0 saturated carbocycles. The number of aldehydes is 1. The molecule has 1 aliphatic heterocycles. The van der Waals surface area contributed by atoms with Gasteiger partial charge in [-0.25, -0.2) is 0 Å². The molecule has 1 fully saturated rings. The predicted octanol–water partition coefficient (Wildman–Crippen LogP) is 1.05. The third-order valence-corrected chi connectivity index (χ3v) is 3.15. The third kappa shape index (κ3) is 2.49. The third-order valence-electron chi connectivity index (χ3n) is 3.15. The molecule has 0 aliphatic carbocycles. The summed E-state index contributed by atoms with van der Waals surface area (Å²) in [5.74, 6) is 1.25. The van der Waals surface area contributed by atoms with Gasteiger partial charge in [0.1, 0.15) is 0 Å². The lowest BCUT2D eigenvalue weighted by Crippen LogP contribution is -2.39. The molecule has 1 aromatic heterocycles. The van der Waals surface area contributed by atoms with E-state index >= 15 is 0 Å². The number of piperidine rings is 1. The normalized spacial score (nSPS) is 16.9. The molecule has 1 aromatic rings. The smallest absolute Gasteiger partial charge is 0.222 e. The molecule has 0 aromatic carbocycles. The lowest BCUT2D eigenvalue weighted by Gasteiger charge is -2.30. The van der Waals surface area contributed by atoms with E-state index in [4.69, 9.17) is 4.42 Å². The SMILES string of the molecule is CNC(=O)C1CCN(c2ccc(C=O)o2)CC1. The van der Waals surface area contributed by atoms with E-state index in [2.05, 4.69) is 10.2 Å². The largest absolute Gasteiger partial charge is 0.438 e. The Morgan fingerprint density at radius 3 is 2.71 bits per heavy atom. The van der Waals surface area contributed by atoms with E-state index in [0.717, 1.165) is 25.9 Å². The molecular weight excluding hydrogens is 220 g/mol. The second kappa shape index (κ2) is 5.03. The number of nitrogens with zero attached hydrogens (tertiary/aromatic N) is 1. The summed E-state index contributed by atoms with van der Waals surface area (Å²) in [7, 11) is 1.66. The van der Waals surface area contributed by atoms with Gasteiger partial charge >= 0.3 is 0 Å². The molecule has 0 spiro atoms. The number of hydrogen-bond acceptors (Lipinski definition) is 4. The van der Waals surface area contributed by atoms with Crippen molar-refractivity contribution in [3.63, 3.8) is 0 Å². The van der Waals surface area contributed by atoms with Gasteiger partial charge in [-0.05, 0) is 18.9 Å². The quantitative estimate of drug-likeness (QED) is 0.797. The van der Waals surface area contributed by atoms with E-state index < -0.39 is 0 Å². The van der Waals surface area contributed by atoms with Crippen molar-refractivity contribution < 1.29 is 14.0 Å². The van der Waals surface area contributed by atoms with E-state index in [1.54, 1.807) is 19.2 Å². The maximum Gasteiger partial charge on any atom is 0.222 e. The predicted molar refractivity (Wildman–Crippen MR) is 63.1 cm³/mol. The molecule has 5 heteroatoms. The Bertz CT molecular complexity index is 406. The fourth-order valence-electron chi connectivity index (χ4n) is 2.14. The van der Waals surface area contributed by atoms with Crippen LogP contribution in [-0.2, 0) is 4.79 Å². The minimum absolute atomic E-state index is 0.0942. The summed E-state index contributed by atoms with van der Waals surface area (Å²) in [6, 6.07) is 3.46. The van der Waals surface area contributed by atoms with E-state index in [1.807, 2.05) is 0 Å². The van der Waals surface area contributed by atoms with Crippen LogP contribution >= 0.6 is 0 Å². The molecule has 1 aliphatic rings. The van der Waals surface area contributed by atoms with Gasteiger partial charge in [0, 0.05) is 32.1 Å². The molecule has 0 bridgehead atoms. The zero-order valence-corrected chi connectivity index (χ0v) is 9.81. The van der Waals surface area contributed by atoms with E-state index in [-0.39, 0.29) is 11.8 Å². The van der Waals surface area contributed by atoms with Gasteiger partial charge in [0.2, 0.25) is 5.91 Å². The van der Waals surface area contributed by atoms with Crippen molar-refractivity contribution in [3.8, 4) is 0 Å². The summed E-state index contributed by atoms with van der Waals surface area (Å²) in [6.07, 6.45) is 2.33. The van der Waals surface area contributed by atoms with Crippen LogP contribution in [0.3, 0.4) is 0 Å². The van der Waals surface area contributed by atoms with Crippen LogP contribution in [0.1, 0.15) is 23.4 Å². The fourth-order valence-corrected chi connectivity index (χ4v) is 2.14. The number of anilines is 1. The highest BCUT2D eigenvalue weighted by Crippen LogP contribution is 2.24. The Kier molecular flexibility index (Phi) is 3.46. The van der Waals surface area contributed by atoms with Crippen LogP contribution in [-0.4, -0.2) is 32.3 Å². The number of hydrogen-bond donors (Lipinski definition) is 1. The summed E-state index contributed by atoms with van der Waals surface area (Å²) in [5, 5.41) is 2.68. The Balaban J connectivity index is 1.94. The van der Waals surface area contributed by atoms with Crippen LogP contribution in [0.25, 0.3) is 0 Å². The van der Waals surface area contributed by atoms with Crippen molar-refractivity contribution in [2.24, 2.45) is 5.92 Å². The first-order valence-corrected chi connectivity index (χ1v) is 5.76. The zero-order valence-electron chi connectivity index (χ0n) is 9.81. The minimum atomic E-state index is 0.0942. The highest BCUT2D eigenvalue weighted by Gasteiger charge is 2.25. The molecule has 0 atom stereocenters. The van der Waals surface area contributed by atoms with Gasteiger partial charge < -0.3 is 14.6 Å². The number of nitrogens with one attached hydrogen (secondary N) is 1. The van der Waals surface area contributed by atoms with Crippen molar-refractivity contribution >= 4 is 18.1 Å². The zero-order chi connectivity index (χ0) is 12.3. The Labute approximate surface area is 99.8 Å². The van der Waals surface area contributed by atoms with Crippen LogP contribution < -0.4 is 10.2 Å². The van der Waals surface area contributed by atoms with Crippen LogP contribution in [0.2, 0.25) is 0 Å². The Morgan fingerprint density at radius 2 is 2.18 bits per heavy atom. The molecule has 0 unspecified atom stereocenters. The molecular formula is C12H16N2O3. The van der Waals surface area contributed by atoms with Crippen molar-refractivity contribution in [1.82, 2.24) is 5.32 Å². The molecule has 1 N–H and O–H groups in total. The first-order valence-electron chi connectivity index (χ1n) is 5.76. The molecule has 92 valence electrons. The average Bonchev–Trinajstić information content (AvgIpc) is 2.87. The minimum Gasteiger partial charge on any atom is -0.438 e. The first kappa shape index (κ1) is 11.7. The van der Waals surface area contributed by atoms with Gasteiger partial charge in [-0.1, -0.05) is 0 Å². The Morgan fingerprint density at radius 1 is 1.47 bits per heavy atom. The lowest BCUT2D eigenvalue weighted by molar-refractivity contribution is -0.125. The Hall–Kier alpha value is -1.78. The van der Waals surface area contributed by atoms with E-state index in [0.29, 0.717) is 17.9 Å². The maximum absolute atomic E-state index is 11.5. The van der Waals surface area contributed by atoms with E-state index in [1.165, 1.54) is 0 Å². The fraction of sp³-hybridized carbons (Fsp3) is 0.500. The molecule has 17 heavy (non-hydrogen) atoms. The first-order chi connectivity index (χ1) is 8.24. The van der Waals surface area contributed by atoms with Crippen molar-refractivity contribution in [2.45, 2.75) is 12.8 Å². The van der Waals surface area contributed by atoms with Crippen molar-refractivity contribution in [2.75, 3.05) is 25.0 Å². The summed E-state index contributed by atoms with van der Waals surface area (Å²) >= 11 is 0. The highest BCUT2D eigenvalue weighted by atomic mass is 16.4. The monoisotopic (exact) mass is 236 g/mol. The highest BCUT2D eigenvalue weighted by molar-refractivity contribution is 5.78. The van der Waals surface area contributed by atoms with Crippen LogP contribution in [0, 0.1) is 5.92 Å². The second-order valence-corrected chi connectivity index (χ2v) is 4.17. The average molecular weight is 236 g/mol. The molecule has 1 saturated heterocycles. The topological polar surface area (TPSA) is 62.6 Å². The standard InChI is InChI=1S/C12H16N2O3/c1-13-12(16)9-4-6-14(7-5-9)11-3-2-10(8-15)17-11/h2-3,8-9H,4-7H2,1H3,(H,13,16).